The van der Waals surface area contributed by atoms with Gasteiger partial charge < -0.3 is 19.8 Å². The van der Waals surface area contributed by atoms with Gasteiger partial charge in [-0.25, -0.2) is 0 Å². The molecule has 1 unspecified atom stereocenters. The Morgan fingerprint density at radius 2 is 2.25 bits per heavy atom. The van der Waals surface area contributed by atoms with Crippen molar-refractivity contribution in [2.45, 2.75) is 32.3 Å². The van der Waals surface area contributed by atoms with Crippen LogP contribution in [-0.4, -0.2) is 36.1 Å². The van der Waals surface area contributed by atoms with E-state index >= 15 is 0 Å². The summed E-state index contributed by atoms with van der Waals surface area (Å²) < 4.78 is 10.5. The van der Waals surface area contributed by atoms with Crippen molar-refractivity contribution in [1.82, 2.24) is 10.3 Å². The van der Waals surface area contributed by atoms with E-state index in [1.165, 1.54) is 0 Å². The molecule has 1 aromatic carbocycles. The summed E-state index contributed by atoms with van der Waals surface area (Å²) in [4.78, 5) is 27.0. The minimum Gasteiger partial charge on any atom is -0.497 e. The fraction of sp³-hybridized carbons (Fsp3) is 0.444. The number of cyclic esters (lactones) is 1. The third-order valence-electron chi connectivity index (χ3n) is 4.57. The molecule has 6 nitrogen and oxygen atoms in total. The molecular formula is C18H22N2O4. The van der Waals surface area contributed by atoms with Gasteiger partial charge in [-0.1, -0.05) is 0 Å². The summed E-state index contributed by atoms with van der Waals surface area (Å²) in [5.41, 5.74) is 1.41. The SMILES string of the molecule is COc1ccc2[nH]cc(CCNC(=O)C3CC(=O)OC3(C)C)c2c1. The number of aromatic amines is 1. The van der Waals surface area contributed by atoms with Gasteiger partial charge in [-0.2, -0.15) is 0 Å². The number of amides is 1. The van der Waals surface area contributed by atoms with Crippen LogP contribution < -0.4 is 10.1 Å². The van der Waals surface area contributed by atoms with E-state index in [0.717, 1.165) is 22.2 Å². The topological polar surface area (TPSA) is 80.4 Å². The van der Waals surface area contributed by atoms with Gasteiger partial charge in [-0.3, -0.25) is 9.59 Å². The summed E-state index contributed by atoms with van der Waals surface area (Å²) in [5.74, 6) is -0.0871. The molecule has 1 aliphatic rings. The van der Waals surface area contributed by atoms with Crippen molar-refractivity contribution in [1.29, 1.82) is 0 Å². The van der Waals surface area contributed by atoms with Crippen LogP contribution in [0.3, 0.4) is 0 Å². The molecule has 128 valence electrons. The number of nitrogens with one attached hydrogen (secondary N) is 2. The molecule has 0 spiro atoms. The zero-order valence-electron chi connectivity index (χ0n) is 14.1. The first-order valence-corrected chi connectivity index (χ1v) is 8.04. The molecule has 3 rings (SSSR count). The zero-order valence-corrected chi connectivity index (χ0v) is 14.1. The monoisotopic (exact) mass is 330 g/mol. The normalized spacial score (nSPS) is 19.3. The maximum Gasteiger partial charge on any atom is 0.307 e. The quantitative estimate of drug-likeness (QED) is 0.824. The lowest BCUT2D eigenvalue weighted by Gasteiger charge is -2.23. The van der Waals surface area contributed by atoms with Crippen molar-refractivity contribution in [2.75, 3.05) is 13.7 Å². The summed E-state index contributed by atoms with van der Waals surface area (Å²) in [6, 6.07) is 5.86. The highest BCUT2D eigenvalue weighted by Gasteiger charge is 2.45. The van der Waals surface area contributed by atoms with Gasteiger partial charge in [-0.05, 0) is 44.0 Å². The third-order valence-corrected chi connectivity index (χ3v) is 4.57. The molecule has 1 aliphatic heterocycles. The lowest BCUT2D eigenvalue weighted by atomic mass is 9.90. The summed E-state index contributed by atoms with van der Waals surface area (Å²) in [6.45, 7) is 4.05. The second-order valence-electron chi connectivity index (χ2n) is 6.60. The van der Waals surface area contributed by atoms with Crippen LogP contribution in [-0.2, 0) is 20.7 Å². The highest BCUT2D eigenvalue weighted by molar-refractivity contribution is 5.88. The molecule has 2 heterocycles. The van der Waals surface area contributed by atoms with Crippen molar-refractivity contribution in [3.63, 3.8) is 0 Å². The number of hydrogen-bond acceptors (Lipinski definition) is 4. The average Bonchev–Trinajstić information content (AvgIpc) is 3.06. The highest BCUT2D eigenvalue weighted by Crippen LogP contribution is 2.32. The summed E-state index contributed by atoms with van der Waals surface area (Å²) in [6.07, 6.45) is 2.78. The standard InChI is InChI=1S/C18H22N2O4/c1-18(2)14(9-16(21)24-18)17(22)19-7-6-11-10-20-15-5-4-12(23-3)8-13(11)15/h4-5,8,10,14,20H,6-7,9H2,1-3H3,(H,19,22). The van der Waals surface area contributed by atoms with Crippen molar-refractivity contribution in [3.8, 4) is 5.75 Å². The van der Waals surface area contributed by atoms with Gasteiger partial charge in [0.15, 0.2) is 0 Å². The first-order valence-electron chi connectivity index (χ1n) is 8.04. The van der Waals surface area contributed by atoms with Gasteiger partial charge in [0.25, 0.3) is 0 Å². The maximum absolute atomic E-state index is 12.3. The Hall–Kier alpha value is -2.50. The number of H-pyrrole nitrogens is 1. The van der Waals surface area contributed by atoms with E-state index in [9.17, 15) is 9.59 Å². The molecule has 2 aromatic rings. The van der Waals surface area contributed by atoms with Crippen molar-refractivity contribution < 1.29 is 19.1 Å². The van der Waals surface area contributed by atoms with Gasteiger partial charge in [0.1, 0.15) is 11.4 Å². The van der Waals surface area contributed by atoms with Crippen LogP contribution in [0.5, 0.6) is 5.75 Å². The molecule has 6 heteroatoms. The smallest absolute Gasteiger partial charge is 0.307 e. The number of aromatic nitrogens is 1. The van der Waals surface area contributed by atoms with Crippen molar-refractivity contribution >= 4 is 22.8 Å². The Morgan fingerprint density at radius 1 is 1.46 bits per heavy atom. The number of ether oxygens (including phenoxy) is 2. The molecule has 1 fully saturated rings. The molecule has 2 N–H and O–H groups in total. The fourth-order valence-corrected chi connectivity index (χ4v) is 3.16. The van der Waals surface area contributed by atoms with Gasteiger partial charge in [0.2, 0.25) is 5.91 Å². The lowest BCUT2D eigenvalue weighted by Crippen LogP contribution is -2.41. The molecular weight excluding hydrogens is 308 g/mol. The Kier molecular flexibility index (Phi) is 4.22. The number of esters is 1. The number of carbonyl (C=O) groups excluding carboxylic acids is 2. The minimum absolute atomic E-state index is 0.136. The van der Waals surface area contributed by atoms with E-state index in [1.807, 2.05) is 24.4 Å². The molecule has 0 aliphatic carbocycles. The maximum atomic E-state index is 12.3. The van der Waals surface area contributed by atoms with Crippen LogP contribution >= 0.6 is 0 Å². The Labute approximate surface area is 140 Å². The van der Waals surface area contributed by atoms with Gasteiger partial charge in [0.05, 0.1) is 19.4 Å². The summed E-state index contributed by atoms with van der Waals surface area (Å²) >= 11 is 0. The predicted molar refractivity (Wildman–Crippen MR) is 89.8 cm³/mol. The van der Waals surface area contributed by atoms with Crippen LogP contribution in [0.1, 0.15) is 25.8 Å². The molecule has 24 heavy (non-hydrogen) atoms. The summed E-state index contributed by atoms with van der Waals surface area (Å²) in [7, 11) is 1.64. The molecule has 1 saturated heterocycles. The Bertz CT molecular complexity index is 778. The third kappa shape index (κ3) is 3.09. The predicted octanol–water partition coefficient (Wildman–Crippen LogP) is 2.18. The Morgan fingerprint density at radius 3 is 2.92 bits per heavy atom. The number of rotatable bonds is 5. The van der Waals surface area contributed by atoms with Crippen LogP contribution in [0.15, 0.2) is 24.4 Å². The van der Waals surface area contributed by atoms with Crippen molar-refractivity contribution in [3.05, 3.63) is 30.0 Å². The van der Waals surface area contributed by atoms with E-state index in [1.54, 1.807) is 21.0 Å². The summed E-state index contributed by atoms with van der Waals surface area (Å²) in [5, 5.41) is 4.00. The van der Waals surface area contributed by atoms with E-state index in [-0.39, 0.29) is 18.3 Å². The second-order valence-corrected chi connectivity index (χ2v) is 6.60. The van der Waals surface area contributed by atoms with Crippen LogP contribution in [0, 0.1) is 5.92 Å². The second kappa shape index (κ2) is 6.19. The van der Waals surface area contributed by atoms with E-state index < -0.39 is 11.5 Å². The molecule has 0 bridgehead atoms. The first kappa shape index (κ1) is 16.4. The van der Waals surface area contributed by atoms with Crippen molar-refractivity contribution in [2.24, 2.45) is 5.92 Å². The number of hydrogen-bond donors (Lipinski definition) is 2. The number of benzene rings is 1. The van der Waals surface area contributed by atoms with Gasteiger partial charge >= 0.3 is 5.97 Å². The molecule has 1 atom stereocenters. The molecule has 0 saturated carbocycles. The zero-order chi connectivity index (χ0) is 17.3. The van der Waals surface area contributed by atoms with E-state index in [4.69, 9.17) is 9.47 Å². The molecule has 1 amide bonds. The number of carbonyl (C=O) groups is 2. The van der Waals surface area contributed by atoms with Crippen LogP contribution in [0.25, 0.3) is 10.9 Å². The van der Waals surface area contributed by atoms with E-state index in [0.29, 0.717) is 13.0 Å². The lowest BCUT2D eigenvalue weighted by molar-refractivity contribution is -0.147. The number of fused-ring (bicyclic) bond motifs is 1. The highest BCUT2D eigenvalue weighted by atomic mass is 16.6. The van der Waals surface area contributed by atoms with Gasteiger partial charge in [0, 0.05) is 23.6 Å². The average molecular weight is 330 g/mol. The Balaban J connectivity index is 1.62. The van der Waals surface area contributed by atoms with Crippen LogP contribution in [0.2, 0.25) is 0 Å². The fourth-order valence-electron chi connectivity index (χ4n) is 3.16. The van der Waals surface area contributed by atoms with Crippen LogP contribution in [0.4, 0.5) is 0 Å². The molecule has 0 radical (unpaired) electrons. The minimum atomic E-state index is -0.741. The first-order chi connectivity index (χ1) is 11.4. The largest absolute Gasteiger partial charge is 0.497 e. The number of methoxy groups -OCH3 is 1. The van der Waals surface area contributed by atoms with Gasteiger partial charge in [-0.15, -0.1) is 0 Å². The molecule has 1 aromatic heterocycles. The van der Waals surface area contributed by atoms with E-state index in [2.05, 4.69) is 10.3 Å².